The van der Waals surface area contributed by atoms with Crippen LogP contribution in [0.25, 0.3) is 21.1 Å². The Morgan fingerprint density at radius 1 is 1.15 bits per heavy atom. The number of benzene rings is 2. The highest BCUT2D eigenvalue weighted by Gasteiger charge is 2.16. The average molecular weight is 397 g/mol. The van der Waals surface area contributed by atoms with E-state index in [2.05, 4.69) is 10.3 Å². The molecule has 0 spiro atoms. The van der Waals surface area contributed by atoms with E-state index in [1.165, 1.54) is 11.3 Å². The monoisotopic (exact) mass is 396 g/mol. The number of carbonyl (C=O) groups excluding carboxylic acids is 1. The van der Waals surface area contributed by atoms with Gasteiger partial charge in [-0.05, 0) is 36.8 Å². The van der Waals surface area contributed by atoms with Crippen molar-refractivity contribution in [2.75, 3.05) is 7.11 Å². The highest BCUT2D eigenvalue weighted by molar-refractivity contribution is 7.20. The van der Waals surface area contributed by atoms with Crippen molar-refractivity contribution in [3.63, 3.8) is 0 Å². The summed E-state index contributed by atoms with van der Waals surface area (Å²) in [7, 11) is 1.58. The quantitative estimate of drug-likeness (QED) is 0.488. The van der Waals surface area contributed by atoms with Crippen molar-refractivity contribution in [3.8, 4) is 5.75 Å². The van der Waals surface area contributed by atoms with Crippen molar-refractivity contribution in [2.24, 2.45) is 0 Å². The van der Waals surface area contributed by atoms with Crippen molar-refractivity contribution in [2.45, 2.75) is 13.0 Å². The lowest BCUT2D eigenvalue weighted by Crippen LogP contribution is -2.25. The van der Waals surface area contributed by atoms with Crippen LogP contribution in [0.3, 0.4) is 0 Å². The van der Waals surface area contributed by atoms with Crippen LogP contribution in [0.15, 0.2) is 54.6 Å². The van der Waals surface area contributed by atoms with Gasteiger partial charge in [-0.1, -0.05) is 41.9 Å². The van der Waals surface area contributed by atoms with Gasteiger partial charge in [-0.2, -0.15) is 0 Å². The van der Waals surface area contributed by atoms with Crippen LogP contribution in [0.2, 0.25) is 5.02 Å². The molecule has 0 unspecified atom stereocenters. The Hall–Kier alpha value is -2.63. The first-order chi connectivity index (χ1) is 13.1. The first kappa shape index (κ1) is 17.8. The van der Waals surface area contributed by atoms with Crippen LogP contribution in [-0.2, 0) is 0 Å². The number of carbonyl (C=O) groups is 1. The van der Waals surface area contributed by atoms with Gasteiger partial charge in [-0.3, -0.25) is 4.79 Å². The predicted molar refractivity (Wildman–Crippen MR) is 111 cm³/mol. The van der Waals surface area contributed by atoms with Crippen molar-refractivity contribution in [1.82, 2.24) is 10.3 Å². The Labute approximate surface area is 165 Å². The smallest absolute Gasteiger partial charge is 0.261 e. The molecule has 0 saturated carbocycles. The number of amides is 1. The van der Waals surface area contributed by atoms with E-state index >= 15 is 0 Å². The summed E-state index contributed by atoms with van der Waals surface area (Å²) in [6.07, 6.45) is 0. The number of aromatic nitrogens is 1. The van der Waals surface area contributed by atoms with Gasteiger partial charge in [0.2, 0.25) is 0 Å². The number of halogens is 1. The molecule has 1 amide bonds. The maximum Gasteiger partial charge on any atom is 0.261 e. The van der Waals surface area contributed by atoms with Crippen LogP contribution >= 0.6 is 22.9 Å². The molecule has 0 aliphatic rings. The maximum atomic E-state index is 12.7. The molecule has 0 bridgehead atoms. The number of hydrogen-bond donors (Lipinski definition) is 1. The largest absolute Gasteiger partial charge is 0.495 e. The Kier molecular flexibility index (Phi) is 4.72. The number of nitrogens with one attached hydrogen (secondary N) is 1. The van der Waals surface area contributed by atoms with Crippen molar-refractivity contribution >= 4 is 50.0 Å². The molecular formula is C21H17ClN2O2S. The normalized spacial score (nSPS) is 12.3. The summed E-state index contributed by atoms with van der Waals surface area (Å²) in [5.74, 6) is 0.476. The maximum absolute atomic E-state index is 12.7. The third-order valence-electron chi connectivity index (χ3n) is 4.47. The van der Waals surface area contributed by atoms with Gasteiger partial charge in [0, 0.05) is 10.8 Å². The minimum absolute atomic E-state index is 0.0744. The third kappa shape index (κ3) is 3.36. The van der Waals surface area contributed by atoms with E-state index < -0.39 is 0 Å². The van der Waals surface area contributed by atoms with Gasteiger partial charge in [0.05, 0.1) is 23.5 Å². The second kappa shape index (κ2) is 7.18. The van der Waals surface area contributed by atoms with Gasteiger partial charge in [0.15, 0.2) is 0 Å². The number of rotatable bonds is 4. The summed E-state index contributed by atoms with van der Waals surface area (Å²) >= 11 is 7.74. The van der Waals surface area contributed by atoms with Crippen LogP contribution in [0, 0.1) is 0 Å². The van der Waals surface area contributed by atoms with Crippen LogP contribution in [0.5, 0.6) is 5.75 Å². The average Bonchev–Trinajstić information content (AvgIpc) is 3.11. The molecule has 2 heterocycles. The molecule has 136 valence electrons. The molecule has 2 aromatic carbocycles. The van der Waals surface area contributed by atoms with Gasteiger partial charge in [0.25, 0.3) is 5.91 Å². The fraction of sp³-hybridized carbons (Fsp3) is 0.143. The number of hydrogen-bond acceptors (Lipinski definition) is 4. The summed E-state index contributed by atoms with van der Waals surface area (Å²) < 4.78 is 5.26. The van der Waals surface area contributed by atoms with E-state index in [-0.39, 0.29) is 11.9 Å². The number of pyridine rings is 1. The Balaban J connectivity index is 1.67. The Morgan fingerprint density at radius 2 is 1.93 bits per heavy atom. The van der Waals surface area contributed by atoms with Crippen LogP contribution in [-0.4, -0.2) is 18.0 Å². The first-order valence-corrected chi connectivity index (χ1v) is 9.69. The molecule has 1 atom stereocenters. The van der Waals surface area contributed by atoms with E-state index in [9.17, 15) is 4.79 Å². The fourth-order valence-electron chi connectivity index (χ4n) is 3.01. The van der Waals surface area contributed by atoms with E-state index in [1.54, 1.807) is 7.11 Å². The zero-order chi connectivity index (χ0) is 19.0. The number of nitrogens with zero attached hydrogens (tertiary/aromatic N) is 1. The van der Waals surface area contributed by atoms with E-state index in [1.807, 2.05) is 61.5 Å². The standard InChI is InChI=1S/C21H17ClN2O2S/c1-12(13-6-4-3-5-7-13)23-20(25)17-11-15-10-14-8-9-16(26-2)18(22)19(14)24-21(15)27-17/h3-12H,1-2H3,(H,23,25)/t12-/m1/s1. The minimum Gasteiger partial charge on any atom is -0.495 e. The molecule has 6 heteroatoms. The summed E-state index contributed by atoms with van der Waals surface area (Å²) in [4.78, 5) is 18.7. The molecule has 4 aromatic rings. The first-order valence-electron chi connectivity index (χ1n) is 8.49. The topological polar surface area (TPSA) is 51.2 Å². The van der Waals surface area contributed by atoms with Crippen LogP contribution in [0.1, 0.15) is 28.2 Å². The number of ether oxygens (including phenoxy) is 1. The fourth-order valence-corrected chi connectivity index (χ4v) is 4.22. The zero-order valence-electron chi connectivity index (χ0n) is 14.8. The summed E-state index contributed by atoms with van der Waals surface area (Å²) in [5, 5.41) is 5.36. The Bertz CT molecular complexity index is 1140. The molecule has 2 aromatic heterocycles. The highest BCUT2D eigenvalue weighted by Crippen LogP contribution is 2.35. The summed E-state index contributed by atoms with van der Waals surface area (Å²) in [5.41, 5.74) is 1.74. The number of fused-ring (bicyclic) bond motifs is 2. The number of methoxy groups -OCH3 is 1. The van der Waals surface area contributed by atoms with Crippen LogP contribution < -0.4 is 10.1 Å². The number of thiophene rings is 1. The molecule has 0 aliphatic heterocycles. The van der Waals surface area contributed by atoms with Gasteiger partial charge < -0.3 is 10.1 Å². The molecule has 1 N–H and O–H groups in total. The van der Waals surface area contributed by atoms with Gasteiger partial charge in [0.1, 0.15) is 15.6 Å². The minimum atomic E-state index is -0.109. The van der Waals surface area contributed by atoms with Crippen molar-refractivity contribution in [3.05, 3.63) is 70.1 Å². The van der Waals surface area contributed by atoms with Crippen molar-refractivity contribution in [1.29, 1.82) is 0 Å². The third-order valence-corrected chi connectivity index (χ3v) is 5.88. The van der Waals surface area contributed by atoms with Gasteiger partial charge in [-0.15, -0.1) is 11.3 Å². The molecule has 27 heavy (non-hydrogen) atoms. The Morgan fingerprint density at radius 3 is 2.67 bits per heavy atom. The molecule has 0 radical (unpaired) electrons. The van der Waals surface area contributed by atoms with E-state index in [0.29, 0.717) is 21.2 Å². The summed E-state index contributed by atoms with van der Waals surface area (Å²) in [6.45, 7) is 1.97. The second-order valence-corrected chi connectivity index (χ2v) is 7.66. The molecular weight excluding hydrogens is 380 g/mol. The van der Waals surface area contributed by atoms with E-state index in [0.717, 1.165) is 21.2 Å². The summed E-state index contributed by atoms with van der Waals surface area (Å²) in [6, 6.07) is 17.4. The predicted octanol–water partition coefficient (Wildman–Crippen LogP) is 5.60. The van der Waals surface area contributed by atoms with Gasteiger partial charge in [-0.25, -0.2) is 4.98 Å². The lowest BCUT2D eigenvalue weighted by Gasteiger charge is -2.13. The van der Waals surface area contributed by atoms with Gasteiger partial charge >= 0.3 is 0 Å². The van der Waals surface area contributed by atoms with Crippen LogP contribution in [0.4, 0.5) is 0 Å². The lowest BCUT2D eigenvalue weighted by atomic mass is 10.1. The highest BCUT2D eigenvalue weighted by atomic mass is 35.5. The second-order valence-electron chi connectivity index (χ2n) is 6.25. The molecule has 4 rings (SSSR count). The lowest BCUT2D eigenvalue weighted by molar-refractivity contribution is 0.0944. The SMILES string of the molecule is COc1ccc2cc3cc(C(=O)N[C@H](C)c4ccccc4)sc3nc2c1Cl. The van der Waals surface area contributed by atoms with E-state index in [4.69, 9.17) is 16.3 Å². The molecule has 0 fully saturated rings. The molecule has 4 nitrogen and oxygen atoms in total. The zero-order valence-corrected chi connectivity index (χ0v) is 16.4. The molecule has 0 aliphatic carbocycles. The van der Waals surface area contributed by atoms with Crippen molar-refractivity contribution < 1.29 is 9.53 Å². The molecule has 0 saturated heterocycles.